The third-order valence-electron chi connectivity index (χ3n) is 2.85. The minimum atomic E-state index is -0.190. The maximum Gasteiger partial charge on any atom is 0.269 e. The zero-order valence-electron chi connectivity index (χ0n) is 11.3. The van der Waals surface area contributed by atoms with E-state index >= 15 is 0 Å². The van der Waals surface area contributed by atoms with Crippen LogP contribution in [-0.4, -0.2) is 42.5 Å². The topological polar surface area (TPSA) is 45.2 Å². The van der Waals surface area contributed by atoms with E-state index in [1.54, 1.807) is 18.2 Å². The monoisotopic (exact) mass is 269 g/mol. The van der Waals surface area contributed by atoms with Gasteiger partial charge < -0.3 is 10.2 Å². The molecule has 4 nitrogen and oxygen atoms in total. The Kier molecular flexibility index (Phi) is 5.56. The van der Waals surface area contributed by atoms with Crippen LogP contribution in [0.3, 0.4) is 0 Å². The van der Waals surface area contributed by atoms with Crippen molar-refractivity contribution >= 4 is 17.5 Å². The molecule has 18 heavy (non-hydrogen) atoms. The summed E-state index contributed by atoms with van der Waals surface area (Å²) in [6, 6.07) is 5.32. The van der Waals surface area contributed by atoms with Gasteiger partial charge in [-0.2, -0.15) is 0 Å². The SMILES string of the molecule is CC(C)C(CNC(=O)c1cccc(Cl)n1)N(C)C. The highest BCUT2D eigenvalue weighted by Crippen LogP contribution is 2.07. The Morgan fingerprint density at radius 2 is 2.11 bits per heavy atom. The quantitative estimate of drug-likeness (QED) is 0.832. The number of nitrogens with zero attached hydrogens (tertiary/aromatic N) is 2. The number of halogens is 1. The molecular weight excluding hydrogens is 250 g/mol. The van der Waals surface area contributed by atoms with Crippen molar-refractivity contribution < 1.29 is 4.79 Å². The number of nitrogens with one attached hydrogen (secondary N) is 1. The van der Waals surface area contributed by atoms with Gasteiger partial charge in [-0.15, -0.1) is 0 Å². The molecule has 0 saturated carbocycles. The van der Waals surface area contributed by atoms with Crippen LogP contribution in [0.15, 0.2) is 18.2 Å². The first-order valence-corrected chi connectivity index (χ1v) is 6.36. The van der Waals surface area contributed by atoms with E-state index in [4.69, 9.17) is 11.6 Å². The first-order valence-electron chi connectivity index (χ1n) is 5.99. The van der Waals surface area contributed by atoms with Gasteiger partial charge in [-0.3, -0.25) is 4.79 Å². The Balaban J connectivity index is 2.60. The van der Waals surface area contributed by atoms with E-state index in [1.807, 2.05) is 14.1 Å². The molecule has 0 aliphatic heterocycles. The molecule has 1 aromatic heterocycles. The van der Waals surface area contributed by atoms with Gasteiger partial charge in [0.15, 0.2) is 0 Å². The van der Waals surface area contributed by atoms with Gasteiger partial charge in [-0.25, -0.2) is 4.98 Å². The molecule has 1 N–H and O–H groups in total. The lowest BCUT2D eigenvalue weighted by Gasteiger charge is -2.28. The predicted molar refractivity (Wildman–Crippen MR) is 73.9 cm³/mol. The van der Waals surface area contributed by atoms with Crippen molar-refractivity contribution in [2.24, 2.45) is 5.92 Å². The molecule has 100 valence electrons. The molecule has 0 bridgehead atoms. The van der Waals surface area contributed by atoms with E-state index in [2.05, 4.69) is 29.0 Å². The van der Waals surface area contributed by atoms with Crippen molar-refractivity contribution in [3.8, 4) is 0 Å². The van der Waals surface area contributed by atoms with Crippen LogP contribution in [0.5, 0.6) is 0 Å². The zero-order chi connectivity index (χ0) is 13.7. The number of hydrogen-bond acceptors (Lipinski definition) is 3. The maximum atomic E-state index is 11.9. The zero-order valence-corrected chi connectivity index (χ0v) is 12.0. The van der Waals surface area contributed by atoms with Crippen molar-refractivity contribution in [3.63, 3.8) is 0 Å². The molecule has 1 aromatic rings. The summed E-state index contributed by atoms with van der Waals surface area (Å²) in [4.78, 5) is 18.0. The number of carbonyl (C=O) groups is 1. The van der Waals surface area contributed by atoms with Crippen LogP contribution in [0, 0.1) is 5.92 Å². The lowest BCUT2D eigenvalue weighted by Crippen LogP contribution is -2.43. The summed E-state index contributed by atoms with van der Waals surface area (Å²) < 4.78 is 0. The number of carbonyl (C=O) groups excluding carboxylic acids is 1. The second-order valence-electron chi connectivity index (χ2n) is 4.83. The molecule has 5 heteroatoms. The fourth-order valence-electron chi connectivity index (χ4n) is 1.84. The Morgan fingerprint density at radius 3 is 2.61 bits per heavy atom. The largest absolute Gasteiger partial charge is 0.349 e. The molecule has 0 spiro atoms. The highest BCUT2D eigenvalue weighted by Gasteiger charge is 2.17. The number of amides is 1. The average molecular weight is 270 g/mol. The molecule has 1 amide bonds. The van der Waals surface area contributed by atoms with Crippen molar-refractivity contribution in [2.45, 2.75) is 19.9 Å². The minimum Gasteiger partial charge on any atom is -0.349 e. The van der Waals surface area contributed by atoms with Gasteiger partial charge in [0.05, 0.1) is 0 Å². The number of rotatable bonds is 5. The van der Waals surface area contributed by atoms with Gasteiger partial charge in [0.25, 0.3) is 5.91 Å². The molecule has 0 radical (unpaired) electrons. The molecule has 0 aliphatic carbocycles. The molecule has 1 rings (SSSR count). The van der Waals surface area contributed by atoms with Crippen molar-refractivity contribution in [2.75, 3.05) is 20.6 Å². The van der Waals surface area contributed by atoms with Crippen LogP contribution < -0.4 is 5.32 Å². The lowest BCUT2D eigenvalue weighted by atomic mass is 10.0. The van der Waals surface area contributed by atoms with Gasteiger partial charge in [-0.05, 0) is 32.1 Å². The van der Waals surface area contributed by atoms with Crippen molar-refractivity contribution in [1.82, 2.24) is 15.2 Å². The number of pyridine rings is 1. The summed E-state index contributed by atoms with van der Waals surface area (Å²) in [6.07, 6.45) is 0. The normalized spacial score (nSPS) is 12.8. The Hall–Kier alpha value is -1.13. The minimum absolute atomic E-state index is 0.190. The Morgan fingerprint density at radius 1 is 1.44 bits per heavy atom. The van der Waals surface area contributed by atoms with E-state index in [0.717, 1.165) is 0 Å². The lowest BCUT2D eigenvalue weighted by molar-refractivity contribution is 0.0929. The van der Waals surface area contributed by atoms with E-state index < -0.39 is 0 Å². The van der Waals surface area contributed by atoms with Crippen LogP contribution >= 0.6 is 11.6 Å². The number of likely N-dealkylation sites (N-methyl/N-ethyl adjacent to an activating group) is 1. The first-order chi connectivity index (χ1) is 8.41. The molecule has 0 aromatic carbocycles. The Bertz CT molecular complexity index is 399. The molecular formula is C13H20ClN3O. The summed E-state index contributed by atoms with van der Waals surface area (Å²) in [6.45, 7) is 4.86. The molecule has 1 unspecified atom stereocenters. The van der Waals surface area contributed by atoms with Crippen LogP contribution in [0.4, 0.5) is 0 Å². The summed E-state index contributed by atoms with van der Waals surface area (Å²) in [7, 11) is 4.02. The van der Waals surface area contributed by atoms with Crippen LogP contribution in [0.2, 0.25) is 5.15 Å². The van der Waals surface area contributed by atoms with E-state index in [9.17, 15) is 4.79 Å². The van der Waals surface area contributed by atoms with Gasteiger partial charge in [0, 0.05) is 12.6 Å². The van der Waals surface area contributed by atoms with Crippen LogP contribution in [0.25, 0.3) is 0 Å². The highest BCUT2D eigenvalue weighted by molar-refractivity contribution is 6.29. The number of aromatic nitrogens is 1. The summed E-state index contributed by atoms with van der Waals surface area (Å²) in [5.74, 6) is 0.276. The second-order valence-corrected chi connectivity index (χ2v) is 5.22. The molecule has 0 saturated heterocycles. The smallest absolute Gasteiger partial charge is 0.269 e. The predicted octanol–water partition coefficient (Wildman–Crippen LogP) is 2.05. The van der Waals surface area contributed by atoms with Gasteiger partial charge in [0.1, 0.15) is 10.8 Å². The second kappa shape index (κ2) is 6.71. The summed E-state index contributed by atoms with van der Waals surface area (Å²) in [5, 5.41) is 3.22. The van der Waals surface area contributed by atoms with Gasteiger partial charge in [0.2, 0.25) is 0 Å². The maximum absolute atomic E-state index is 11.9. The molecule has 1 heterocycles. The number of hydrogen-bond donors (Lipinski definition) is 1. The summed E-state index contributed by atoms with van der Waals surface area (Å²) >= 11 is 5.75. The molecule has 1 atom stereocenters. The van der Waals surface area contributed by atoms with E-state index in [-0.39, 0.29) is 5.91 Å². The Labute approximate surface area is 113 Å². The molecule has 0 aliphatic rings. The average Bonchev–Trinajstić information content (AvgIpc) is 2.28. The van der Waals surface area contributed by atoms with Gasteiger partial charge in [-0.1, -0.05) is 31.5 Å². The standard InChI is InChI=1S/C13H20ClN3O/c1-9(2)11(17(3)4)8-15-13(18)10-6-5-7-12(14)16-10/h5-7,9,11H,8H2,1-4H3,(H,15,18). The summed E-state index contributed by atoms with van der Waals surface area (Å²) in [5.41, 5.74) is 0.351. The highest BCUT2D eigenvalue weighted by atomic mass is 35.5. The third-order valence-corrected chi connectivity index (χ3v) is 3.06. The fraction of sp³-hybridized carbons (Fsp3) is 0.538. The van der Waals surface area contributed by atoms with Gasteiger partial charge >= 0.3 is 0 Å². The van der Waals surface area contributed by atoms with Crippen LogP contribution in [-0.2, 0) is 0 Å². The molecule has 0 fully saturated rings. The fourth-order valence-corrected chi connectivity index (χ4v) is 2.00. The van der Waals surface area contributed by atoms with E-state index in [1.165, 1.54) is 0 Å². The first kappa shape index (κ1) is 14.9. The van der Waals surface area contributed by atoms with Crippen LogP contribution in [0.1, 0.15) is 24.3 Å². The van der Waals surface area contributed by atoms with Crippen molar-refractivity contribution in [1.29, 1.82) is 0 Å². The third kappa shape index (κ3) is 4.27. The van der Waals surface area contributed by atoms with Crippen molar-refractivity contribution in [3.05, 3.63) is 29.0 Å². The van der Waals surface area contributed by atoms with E-state index in [0.29, 0.717) is 29.4 Å².